The highest BCUT2D eigenvalue weighted by atomic mass is 16.5. The van der Waals surface area contributed by atoms with Crippen molar-refractivity contribution in [3.8, 4) is 5.75 Å². The molecule has 31 heavy (non-hydrogen) atoms. The van der Waals surface area contributed by atoms with Crippen molar-refractivity contribution in [2.24, 2.45) is 5.73 Å². The topological polar surface area (TPSA) is 97.6 Å². The number of hydrogen-bond donors (Lipinski definition) is 2. The van der Waals surface area contributed by atoms with Crippen molar-refractivity contribution in [1.29, 1.82) is 0 Å². The number of aromatic nitrogens is 1. The van der Waals surface area contributed by atoms with Gasteiger partial charge >= 0.3 is 0 Å². The van der Waals surface area contributed by atoms with Crippen LogP contribution < -0.4 is 20.7 Å². The number of carbonyl (C=O) groups is 2. The number of primary amides is 1. The van der Waals surface area contributed by atoms with E-state index in [1.54, 1.807) is 24.4 Å². The van der Waals surface area contributed by atoms with Crippen LogP contribution in [0.4, 0.5) is 5.82 Å². The standard InChI is InChI=1S/C24H24N4O3/c25-24(30)19-6-3-7-21(12-19)31-16-23(29)27-14-17-8-9-22(26-13-17)28-11-10-18-4-1-2-5-20(18)15-28/h1-9,12-13H,10-11,14-16H2,(H2,25,30)(H,27,29). The Morgan fingerprint density at radius 3 is 2.68 bits per heavy atom. The normalized spacial score (nSPS) is 12.7. The summed E-state index contributed by atoms with van der Waals surface area (Å²) in [5, 5.41) is 2.81. The molecule has 3 aromatic rings. The maximum atomic E-state index is 12.1. The number of ether oxygens (including phenoxy) is 1. The lowest BCUT2D eigenvalue weighted by molar-refractivity contribution is -0.123. The molecule has 0 fully saturated rings. The van der Waals surface area contributed by atoms with Crippen molar-refractivity contribution in [3.63, 3.8) is 0 Å². The molecule has 0 atom stereocenters. The average Bonchev–Trinajstić information content (AvgIpc) is 2.81. The van der Waals surface area contributed by atoms with E-state index < -0.39 is 5.91 Å². The van der Waals surface area contributed by atoms with Gasteiger partial charge < -0.3 is 20.7 Å². The lowest BCUT2D eigenvalue weighted by Gasteiger charge is -2.29. The molecular formula is C24H24N4O3. The van der Waals surface area contributed by atoms with Crippen LogP contribution in [0.25, 0.3) is 0 Å². The highest BCUT2D eigenvalue weighted by molar-refractivity contribution is 5.93. The monoisotopic (exact) mass is 416 g/mol. The van der Waals surface area contributed by atoms with E-state index in [-0.39, 0.29) is 12.5 Å². The van der Waals surface area contributed by atoms with Crippen molar-refractivity contribution in [2.75, 3.05) is 18.1 Å². The van der Waals surface area contributed by atoms with Gasteiger partial charge in [-0.25, -0.2) is 4.98 Å². The summed E-state index contributed by atoms with van der Waals surface area (Å²) in [5.74, 6) is 0.545. The third-order valence-corrected chi connectivity index (χ3v) is 5.24. The second-order valence-corrected chi connectivity index (χ2v) is 7.42. The summed E-state index contributed by atoms with van der Waals surface area (Å²) in [5.41, 5.74) is 9.23. The summed E-state index contributed by atoms with van der Waals surface area (Å²) in [4.78, 5) is 30.1. The van der Waals surface area contributed by atoms with Gasteiger partial charge in [-0.15, -0.1) is 0 Å². The molecule has 3 N–H and O–H groups in total. The van der Waals surface area contributed by atoms with Crippen LogP contribution in [-0.2, 0) is 24.3 Å². The quantitative estimate of drug-likeness (QED) is 0.617. The molecule has 2 heterocycles. The molecule has 1 aliphatic rings. The predicted molar refractivity (Wildman–Crippen MR) is 118 cm³/mol. The Balaban J connectivity index is 1.26. The maximum absolute atomic E-state index is 12.1. The fourth-order valence-corrected chi connectivity index (χ4v) is 3.54. The summed E-state index contributed by atoms with van der Waals surface area (Å²) in [6.45, 7) is 2.00. The molecule has 7 nitrogen and oxygen atoms in total. The summed E-state index contributed by atoms with van der Waals surface area (Å²) in [6, 6.07) is 18.9. The van der Waals surface area contributed by atoms with Crippen LogP contribution in [0.2, 0.25) is 0 Å². The molecule has 0 saturated carbocycles. The first-order valence-corrected chi connectivity index (χ1v) is 10.1. The Kier molecular flexibility index (Phi) is 6.12. The smallest absolute Gasteiger partial charge is 0.258 e. The Labute approximate surface area is 180 Å². The molecule has 7 heteroatoms. The number of rotatable bonds is 7. The molecule has 0 radical (unpaired) electrons. The van der Waals surface area contributed by atoms with Gasteiger partial charge in [-0.3, -0.25) is 9.59 Å². The van der Waals surface area contributed by atoms with Gasteiger partial charge in [-0.05, 0) is 47.4 Å². The van der Waals surface area contributed by atoms with E-state index in [2.05, 4.69) is 39.5 Å². The van der Waals surface area contributed by atoms with E-state index in [1.165, 1.54) is 17.2 Å². The zero-order valence-corrected chi connectivity index (χ0v) is 17.1. The second-order valence-electron chi connectivity index (χ2n) is 7.42. The zero-order chi connectivity index (χ0) is 21.6. The lowest BCUT2D eigenvalue weighted by atomic mass is 10.00. The fourth-order valence-electron chi connectivity index (χ4n) is 3.54. The molecular weight excluding hydrogens is 392 g/mol. The summed E-state index contributed by atoms with van der Waals surface area (Å²) < 4.78 is 5.43. The van der Waals surface area contributed by atoms with E-state index in [0.29, 0.717) is 17.9 Å². The van der Waals surface area contributed by atoms with Gasteiger partial charge in [0.25, 0.3) is 5.91 Å². The average molecular weight is 416 g/mol. The van der Waals surface area contributed by atoms with Gasteiger partial charge in [0, 0.05) is 31.4 Å². The number of pyridine rings is 1. The van der Waals surface area contributed by atoms with Crippen LogP contribution >= 0.6 is 0 Å². The summed E-state index contributed by atoms with van der Waals surface area (Å²) >= 11 is 0. The molecule has 4 rings (SSSR count). The van der Waals surface area contributed by atoms with Crippen molar-refractivity contribution in [3.05, 3.63) is 89.1 Å². The number of fused-ring (bicyclic) bond motifs is 1. The molecule has 0 unspecified atom stereocenters. The van der Waals surface area contributed by atoms with Crippen LogP contribution in [-0.4, -0.2) is 29.9 Å². The van der Waals surface area contributed by atoms with E-state index in [1.807, 2.05) is 12.1 Å². The van der Waals surface area contributed by atoms with Crippen LogP contribution in [0.15, 0.2) is 66.9 Å². The number of nitrogens with two attached hydrogens (primary N) is 1. The molecule has 0 spiro atoms. The lowest BCUT2D eigenvalue weighted by Crippen LogP contribution is -2.31. The number of nitrogens with one attached hydrogen (secondary N) is 1. The number of amides is 2. The Morgan fingerprint density at radius 2 is 1.90 bits per heavy atom. The molecule has 1 aromatic heterocycles. The number of carbonyl (C=O) groups excluding carboxylic acids is 2. The predicted octanol–water partition coefficient (Wildman–Crippen LogP) is 2.44. The van der Waals surface area contributed by atoms with Gasteiger partial charge in [-0.1, -0.05) is 36.4 Å². The van der Waals surface area contributed by atoms with Crippen LogP contribution in [0.5, 0.6) is 5.75 Å². The van der Waals surface area contributed by atoms with Crippen molar-refractivity contribution < 1.29 is 14.3 Å². The van der Waals surface area contributed by atoms with Gasteiger partial charge in [-0.2, -0.15) is 0 Å². The Hall–Kier alpha value is -3.87. The van der Waals surface area contributed by atoms with Crippen molar-refractivity contribution >= 4 is 17.6 Å². The third kappa shape index (κ3) is 5.19. The maximum Gasteiger partial charge on any atom is 0.258 e. The molecule has 0 aliphatic carbocycles. The molecule has 2 aromatic carbocycles. The first-order valence-electron chi connectivity index (χ1n) is 10.1. The number of benzene rings is 2. The second kappa shape index (κ2) is 9.30. The fraction of sp³-hybridized carbons (Fsp3) is 0.208. The highest BCUT2D eigenvalue weighted by Crippen LogP contribution is 2.23. The zero-order valence-electron chi connectivity index (χ0n) is 17.1. The van der Waals surface area contributed by atoms with E-state index >= 15 is 0 Å². The molecule has 0 bridgehead atoms. The van der Waals surface area contributed by atoms with Gasteiger partial charge in [0.15, 0.2) is 6.61 Å². The van der Waals surface area contributed by atoms with E-state index in [9.17, 15) is 9.59 Å². The number of hydrogen-bond acceptors (Lipinski definition) is 5. The van der Waals surface area contributed by atoms with Crippen molar-refractivity contribution in [1.82, 2.24) is 10.3 Å². The molecule has 0 saturated heterocycles. The minimum Gasteiger partial charge on any atom is -0.484 e. The van der Waals surface area contributed by atoms with Crippen LogP contribution in [0.1, 0.15) is 27.0 Å². The van der Waals surface area contributed by atoms with Crippen LogP contribution in [0.3, 0.4) is 0 Å². The Bertz CT molecular complexity index is 1080. The van der Waals surface area contributed by atoms with E-state index in [0.717, 1.165) is 30.9 Å². The molecule has 1 aliphatic heterocycles. The molecule has 158 valence electrons. The number of nitrogens with zero attached hydrogens (tertiary/aromatic N) is 2. The summed E-state index contributed by atoms with van der Waals surface area (Å²) in [6.07, 6.45) is 2.80. The molecule has 2 amide bonds. The van der Waals surface area contributed by atoms with Gasteiger partial charge in [0.05, 0.1) is 0 Å². The van der Waals surface area contributed by atoms with Crippen LogP contribution in [0, 0.1) is 0 Å². The highest BCUT2D eigenvalue weighted by Gasteiger charge is 2.16. The van der Waals surface area contributed by atoms with E-state index in [4.69, 9.17) is 10.5 Å². The van der Waals surface area contributed by atoms with Gasteiger partial charge in [0.1, 0.15) is 11.6 Å². The minimum atomic E-state index is -0.542. The first kappa shape index (κ1) is 20.4. The minimum absolute atomic E-state index is 0.152. The number of anilines is 1. The van der Waals surface area contributed by atoms with Crippen molar-refractivity contribution in [2.45, 2.75) is 19.5 Å². The largest absolute Gasteiger partial charge is 0.484 e. The first-order chi connectivity index (χ1) is 15.1. The summed E-state index contributed by atoms with van der Waals surface area (Å²) in [7, 11) is 0. The third-order valence-electron chi connectivity index (χ3n) is 5.24. The van der Waals surface area contributed by atoms with Gasteiger partial charge in [0.2, 0.25) is 5.91 Å². The Morgan fingerprint density at radius 1 is 1.06 bits per heavy atom. The SMILES string of the molecule is NC(=O)c1cccc(OCC(=O)NCc2ccc(N3CCc4ccccc4C3)nc2)c1.